The summed E-state index contributed by atoms with van der Waals surface area (Å²) in [6.45, 7) is 17.1. The topological polar surface area (TPSA) is 125 Å². The lowest BCUT2D eigenvalue weighted by molar-refractivity contribution is -0.140. The Balaban J connectivity index is 1.78. The van der Waals surface area contributed by atoms with Crippen molar-refractivity contribution < 1.29 is 22.8 Å². The van der Waals surface area contributed by atoms with Gasteiger partial charge < -0.3 is 15.5 Å². The van der Waals surface area contributed by atoms with E-state index in [1.807, 2.05) is 72.7 Å². The van der Waals surface area contributed by atoms with Crippen LogP contribution in [0.1, 0.15) is 83.2 Å². The number of carbonyl (C=O) groups is 3. The highest BCUT2D eigenvalue weighted by molar-refractivity contribution is 7.89. The number of aryl methyl sites for hydroxylation is 1. The number of amides is 3. The molecule has 9 nitrogen and oxygen atoms in total. The molecule has 0 aromatic heterocycles. The molecule has 0 aliphatic carbocycles. The SMILES string of the molecule is CN[C@H](C(=O)N[C@H](C(=O)N(C)[C@H](/C=C(\C)C(=O)NS(=O)(=O)Cc1ccccc1)C(C)C)C(C)(C)C)C(C)(C)c1ccc(C=Cc2ccc(C)cc2)cc1. The van der Waals surface area contributed by atoms with Gasteiger partial charge in [0.2, 0.25) is 21.8 Å². The van der Waals surface area contributed by atoms with Crippen molar-refractivity contribution in [3.63, 3.8) is 0 Å². The van der Waals surface area contributed by atoms with Crippen molar-refractivity contribution >= 4 is 39.9 Å². The fraction of sp³-hybridized carbons (Fsp3) is 0.419. The minimum absolute atomic E-state index is 0.136. The predicted octanol–water partition coefficient (Wildman–Crippen LogP) is 6.64. The largest absolute Gasteiger partial charge is 0.342 e. The van der Waals surface area contributed by atoms with Gasteiger partial charge in [-0.25, -0.2) is 13.1 Å². The summed E-state index contributed by atoms with van der Waals surface area (Å²) >= 11 is 0. The maximum Gasteiger partial charge on any atom is 0.260 e. The van der Waals surface area contributed by atoms with Gasteiger partial charge in [0, 0.05) is 18.0 Å². The van der Waals surface area contributed by atoms with Crippen LogP contribution in [-0.4, -0.2) is 63.3 Å². The van der Waals surface area contributed by atoms with Crippen LogP contribution in [0.15, 0.2) is 90.5 Å². The minimum Gasteiger partial charge on any atom is -0.342 e. The summed E-state index contributed by atoms with van der Waals surface area (Å²) in [7, 11) is -0.582. The van der Waals surface area contributed by atoms with Crippen molar-refractivity contribution in [3.05, 3.63) is 118 Å². The molecule has 0 spiro atoms. The minimum atomic E-state index is -3.95. The standard InChI is InChI=1S/C43H58N4O5S/c1-29(2)36(27-31(4)39(48)46-53(51,52)28-34-15-13-12-14-16-34)47(11)41(50)38(42(5,6)7)45-40(49)37(44-10)43(8,9)35-25-23-33(24-26-35)22-21-32-19-17-30(3)18-20-32/h12-27,29,36-38,44H,28H2,1-11H3,(H,45,49)(H,46,48)/b22-21?,31-27+/t36-,37-,38-/m1/s1. The van der Waals surface area contributed by atoms with Crippen LogP contribution in [0.2, 0.25) is 0 Å². The lowest BCUT2D eigenvalue weighted by Crippen LogP contribution is -2.61. The van der Waals surface area contributed by atoms with E-state index in [0.717, 1.165) is 16.7 Å². The molecule has 3 rings (SSSR count). The number of hydrogen-bond acceptors (Lipinski definition) is 6. The quantitative estimate of drug-likeness (QED) is 0.119. The van der Waals surface area contributed by atoms with E-state index in [4.69, 9.17) is 0 Å². The molecule has 3 aromatic rings. The second-order valence-corrected chi connectivity index (χ2v) is 17.5. The number of hydrogen-bond donors (Lipinski definition) is 3. The van der Waals surface area contributed by atoms with Crippen LogP contribution in [0.5, 0.6) is 0 Å². The number of sulfonamides is 1. The van der Waals surface area contributed by atoms with Crippen molar-refractivity contribution in [1.29, 1.82) is 0 Å². The third-order valence-corrected chi connectivity index (χ3v) is 10.8. The van der Waals surface area contributed by atoms with E-state index in [0.29, 0.717) is 5.56 Å². The van der Waals surface area contributed by atoms with Crippen LogP contribution in [0.25, 0.3) is 12.2 Å². The molecule has 0 fully saturated rings. The maximum absolute atomic E-state index is 14.3. The van der Waals surface area contributed by atoms with Gasteiger partial charge in [0.1, 0.15) is 6.04 Å². The Bertz CT molecular complexity index is 1880. The van der Waals surface area contributed by atoms with E-state index in [9.17, 15) is 22.8 Å². The van der Waals surface area contributed by atoms with Crippen LogP contribution >= 0.6 is 0 Å². The summed E-state index contributed by atoms with van der Waals surface area (Å²) in [6.07, 6.45) is 5.73. The molecule has 3 amide bonds. The van der Waals surface area contributed by atoms with Gasteiger partial charge in [-0.15, -0.1) is 0 Å². The number of benzene rings is 3. The van der Waals surface area contributed by atoms with Gasteiger partial charge in [0.05, 0.1) is 17.8 Å². The highest BCUT2D eigenvalue weighted by Crippen LogP contribution is 2.30. The van der Waals surface area contributed by atoms with Crippen molar-refractivity contribution in [1.82, 2.24) is 20.3 Å². The Morgan fingerprint density at radius 3 is 1.83 bits per heavy atom. The fourth-order valence-electron chi connectivity index (χ4n) is 6.24. The zero-order valence-corrected chi connectivity index (χ0v) is 34.0. The lowest BCUT2D eigenvalue weighted by Gasteiger charge is -2.40. The second kappa shape index (κ2) is 18.0. The zero-order valence-electron chi connectivity index (χ0n) is 33.2. The molecule has 10 heteroatoms. The van der Waals surface area contributed by atoms with E-state index in [1.165, 1.54) is 17.4 Å². The molecule has 53 heavy (non-hydrogen) atoms. The molecule has 0 heterocycles. The Morgan fingerprint density at radius 1 is 0.811 bits per heavy atom. The summed E-state index contributed by atoms with van der Waals surface area (Å²) in [5.74, 6) is -1.89. The molecule has 3 atom stereocenters. The lowest BCUT2D eigenvalue weighted by atomic mass is 9.76. The summed E-state index contributed by atoms with van der Waals surface area (Å²) in [4.78, 5) is 42.9. The van der Waals surface area contributed by atoms with Gasteiger partial charge in [0.15, 0.2) is 0 Å². The van der Waals surface area contributed by atoms with Gasteiger partial charge >= 0.3 is 0 Å². The van der Waals surface area contributed by atoms with Crippen LogP contribution in [0.4, 0.5) is 0 Å². The first-order valence-corrected chi connectivity index (χ1v) is 19.7. The molecule has 0 radical (unpaired) electrons. The van der Waals surface area contributed by atoms with E-state index < -0.39 is 44.9 Å². The van der Waals surface area contributed by atoms with E-state index in [-0.39, 0.29) is 29.1 Å². The molecule has 0 bridgehead atoms. The molecule has 3 aromatic carbocycles. The summed E-state index contributed by atoms with van der Waals surface area (Å²) in [5, 5.41) is 6.25. The van der Waals surface area contributed by atoms with Crippen molar-refractivity contribution in [3.8, 4) is 0 Å². The molecule has 0 saturated carbocycles. The van der Waals surface area contributed by atoms with Crippen molar-refractivity contribution in [2.24, 2.45) is 11.3 Å². The van der Waals surface area contributed by atoms with Crippen LogP contribution in [-0.2, 0) is 35.6 Å². The molecule has 0 aliphatic rings. The third-order valence-electron chi connectivity index (χ3n) is 9.58. The first kappa shape index (κ1) is 42.9. The van der Waals surface area contributed by atoms with Crippen molar-refractivity contribution in [2.75, 3.05) is 14.1 Å². The summed E-state index contributed by atoms with van der Waals surface area (Å²) < 4.78 is 27.6. The first-order valence-electron chi connectivity index (χ1n) is 18.0. The van der Waals surface area contributed by atoms with E-state index in [1.54, 1.807) is 50.5 Å². The molecule has 0 saturated heterocycles. The van der Waals surface area contributed by atoms with Crippen molar-refractivity contribution in [2.45, 2.75) is 91.6 Å². The van der Waals surface area contributed by atoms with Gasteiger partial charge in [-0.05, 0) is 54.5 Å². The Morgan fingerprint density at radius 2 is 1.34 bits per heavy atom. The fourth-order valence-corrected chi connectivity index (χ4v) is 7.39. The van der Waals surface area contributed by atoms with Gasteiger partial charge in [-0.2, -0.15) is 0 Å². The Labute approximate surface area is 317 Å². The summed E-state index contributed by atoms with van der Waals surface area (Å²) in [5.41, 5.74) is 3.71. The Hall–Kier alpha value is -4.54. The number of nitrogens with one attached hydrogen (secondary N) is 3. The predicted molar refractivity (Wildman–Crippen MR) is 216 cm³/mol. The monoisotopic (exact) mass is 742 g/mol. The van der Waals surface area contributed by atoms with Crippen LogP contribution in [0, 0.1) is 18.3 Å². The number of rotatable bonds is 15. The Kier molecular flexibility index (Phi) is 14.6. The second-order valence-electron chi connectivity index (χ2n) is 15.8. The molecule has 0 unspecified atom stereocenters. The third kappa shape index (κ3) is 12.0. The van der Waals surface area contributed by atoms with Gasteiger partial charge in [0.25, 0.3) is 5.91 Å². The van der Waals surface area contributed by atoms with E-state index in [2.05, 4.69) is 58.7 Å². The van der Waals surface area contributed by atoms with Gasteiger partial charge in [-0.1, -0.05) is 151 Å². The smallest absolute Gasteiger partial charge is 0.260 e. The molecular formula is C43H58N4O5S. The van der Waals surface area contributed by atoms with E-state index >= 15 is 0 Å². The maximum atomic E-state index is 14.3. The molecule has 3 N–H and O–H groups in total. The number of nitrogens with zero attached hydrogens (tertiary/aromatic N) is 1. The highest BCUT2D eigenvalue weighted by atomic mass is 32.2. The molecular weight excluding hydrogens is 685 g/mol. The normalized spacial score (nSPS) is 14.5. The van der Waals surface area contributed by atoms with Crippen LogP contribution in [0.3, 0.4) is 0 Å². The number of carbonyl (C=O) groups excluding carboxylic acids is 3. The average molecular weight is 743 g/mol. The van der Waals surface area contributed by atoms with Crippen LogP contribution < -0.4 is 15.4 Å². The van der Waals surface area contributed by atoms with Gasteiger partial charge in [-0.3, -0.25) is 14.4 Å². The molecule has 0 aliphatic heterocycles. The molecule has 286 valence electrons. The summed E-state index contributed by atoms with van der Waals surface area (Å²) in [6, 6.07) is 22.9. The average Bonchev–Trinajstić information content (AvgIpc) is 3.08. The zero-order chi connectivity index (χ0) is 39.7. The number of likely N-dealkylation sites (N-methyl/N-ethyl adjacent to an activating group) is 2. The highest BCUT2D eigenvalue weighted by Gasteiger charge is 2.41. The first-order chi connectivity index (χ1) is 24.7.